The molecule has 2 aromatic heterocycles. The number of aromatic nitrogens is 4. The first-order chi connectivity index (χ1) is 15.4. The van der Waals surface area contributed by atoms with E-state index in [4.69, 9.17) is 4.98 Å². The van der Waals surface area contributed by atoms with E-state index < -0.39 is 9.84 Å². The van der Waals surface area contributed by atoms with Crippen LogP contribution in [-0.4, -0.2) is 34.3 Å². The fraction of sp³-hybridized carbons (Fsp3) is 0.375. The molecule has 0 radical (unpaired) electrons. The van der Waals surface area contributed by atoms with Gasteiger partial charge in [0.25, 0.3) is 0 Å². The maximum Gasteiger partial charge on any atom is 0.229 e. The molecule has 0 atom stereocenters. The normalized spacial score (nSPS) is 15.6. The van der Waals surface area contributed by atoms with Gasteiger partial charge in [-0.1, -0.05) is 62.6 Å². The van der Waals surface area contributed by atoms with E-state index in [-0.39, 0.29) is 15.6 Å². The minimum atomic E-state index is -3.87. The van der Waals surface area contributed by atoms with Crippen molar-refractivity contribution in [3.63, 3.8) is 0 Å². The number of hydrogen-bond acceptors (Lipinski definition) is 6. The second-order valence-corrected chi connectivity index (χ2v) is 10.7. The Bertz CT molecular complexity index is 1370. The van der Waals surface area contributed by atoms with Crippen LogP contribution >= 0.6 is 0 Å². The van der Waals surface area contributed by atoms with Gasteiger partial charge in [0.05, 0.1) is 10.4 Å². The smallest absolute Gasteiger partial charge is 0.229 e. The lowest BCUT2D eigenvalue weighted by molar-refractivity contribution is 0.462. The molecule has 0 amide bonds. The molecule has 4 aromatic rings. The molecule has 8 heteroatoms. The van der Waals surface area contributed by atoms with Crippen LogP contribution in [0, 0.1) is 0 Å². The van der Waals surface area contributed by atoms with Crippen LogP contribution in [0.5, 0.6) is 0 Å². The van der Waals surface area contributed by atoms with Crippen molar-refractivity contribution in [3.05, 3.63) is 54.1 Å². The summed E-state index contributed by atoms with van der Waals surface area (Å²) in [5, 5.41) is 12.6. The number of benzene rings is 2. The van der Waals surface area contributed by atoms with Crippen LogP contribution < -0.4 is 5.32 Å². The van der Waals surface area contributed by atoms with Crippen LogP contribution in [0.15, 0.2) is 58.5 Å². The van der Waals surface area contributed by atoms with Gasteiger partial charge >= 0.3 is 0 Å². The molecule has 1 aliphatic carbocycles. The Morgan fingerprint density at radius 1 is 1.00 bits per heavy atom. The Kier molecular flexibility index (Phi) is 5.33. The van der Waals surface area contributed by atoms with E-state index in [1.54, 1.807) is 12.1 Å². The summed E-state index contributed by atoms with van der Waals surface area (Å²) in [7, 11) is -3.87. The maximum atomic E-state index is 13.5. The van der Waals surface area contributed by atoms with Crippen LogP contribution in [0.1, 0.15) is 57.4 Å². The number of nitrogens with one attached hydrogen (secondary N) is 1. The quantitative estimate of drug-likeness (QED) is 0.462. The van der Waals surface area contributed by atoms with E-state index in [2.05, 4.69) is 29.5 Å². The third-order valence-electron chi connectivity index (χ3n) is 6.28. The fourth-order valence-corrected chi connectivity index (χ4v) is 5.65. The molecular formula is C24H27N5O2S. The fourth-order valence-electron chi connectivity index (χ4n) is 4.41. The molecule has 32 heavy (non-hydrogen) atoms. The summed E-state index contributed by atoms with van der Waals surface area (Å²) in [6, 6.07) is 15.1. The van der Waals surface area contributed by atoms with E-state index in [0.29, 0.717) is 17.8 Å². The van der Waals surface area contributed by atoms with Gasteiger partial charge in [-0.2, -0.15) is 4.52 Å². The molecule has 1 fully saturated rings. The summed E-state index contributed by atoms with van der Waals surface area (Å²) in [5.74, 6) is 1.01. The van der Waals surface area contributed by atoms with Crippen molar-refractivity contribution in [2.24, 2.45) is 0 Å². The Balaban J connectivity index is 1.64. The Hall–Kier alpha value is -3.00. The van der Waals surface area contributed by atoms with E-state index in [1.165, 1.54) is 23.8 Å². The highest BCUT2D eigenvalue weighted by Crippen LogP contribution is 2.30. The van der Waals surface area contributed by atoms with Crippen molar-refractivity contribution in [2.75, 3.05) is 5.32 Å². The minimum Gasteiger partial charge on any atom is -0.367 e. The zero-order valence-corrected chi connectivity index (χ0v) is 19.1. The largest absolute Gasteiger partial charge is 0.367 e. The first kappa shape index (κ1) is 20.9. The molecule has 0 unspecified atom stereocenters. The lowest BCUT2D eigenvalue weighted by Gasteiger charge is -2.24. The Labute approximate surface area is 187 Å². The molecule has 7 nitrogen and oxygen atoms in total. The van der Waals surface area contributed by atoms with Crippen LogP contribution in [0.4, 0.5) is 5.82 Å². The van der Waals surface area contributed by atoms with E-state index in [0.717, 1.165) is 29.3 Å². The van der Waals surface area contributed by atoms with E-state index in [1.807, 2.05) is 36.4 Å². The van der Waals surface area contributed by atoms with E-state index >= 15 is 0 Å². The molecule has 0 spiro atoms. The molecule has 1 N–H and O–H groups in total. The molecule has 1 saturated carbocycles. The van der Waals surface area contributed by atoms with Gasteiger partial charge in [-0.3, -0.25) is 0 Å². The van der Waals surface area contributed by atoms with Crippen LogP contribution in [0.25, 0.3) is 16.6 Å². The van der Waals surface area contributed by atoms with Gasteiger partial charge in [0, 0.05) is 11.4 Å². The number of anilines is 1. The molecule has 0 aliphatic heterocycles. The number of rotatable bonds is 5. The van der Waals surface area contributed by atoms with E-state index in [9.17, 15) is 8.42 Å². The average molecular weight is 450 g/mol. The standard InChI is InChI=1S/C24H27N5O2S/c1-16(2)17-12-14-19(15-13-17)32(30,31)24-23-26-22(25-18-8-4-3-5-9-18)20-10-6-7-11-21(20)29(23)28-27-24/h6-7,10-16,18H,3-5,8-9H2,1-2H3,(H,25,26). The van der Waals surface area contributed by atoms with Crippen molar-refractivity contribution in [2.45, 2.75) is 67.8 Å². The lowest BCUT2D eigenvalue weighted by atomic mass is 9.95. The van der Waals surface area contributed by atoms with Gasteiger partial charge in [0.1, 0.15) is 5.82 Å². The lowest BCUT2D eigenvalue weighted by Crippen LogP contribution is -2.23. The van der Waals surface area contributed by atoms with Gasteiger partial charge in [0.2, 0.25) is 14.9 Å². The molecular weight excluding hydrogens is 422 g/mol. The number of fused-ring (bicyclic) bond motifs is 3. The summed E-state index contributed by atoms with van der Waals surface area (Å²) >= 11 is 0. The van der Waals surface area contributed by atoms with Gasteiger partial charge in [-0.15, -0.1) is 5.10 Å². The Morgan fingerprint density at radius 2 is 1.72 bits per heavy atom. The molecule has 1 aliphatic rings. The summed E-state index contributed by atoms with van der Waals surface area (Å²) in [6.45, 7) is 4.15. The molecule has 5 rings (SSSR count). The first-order valence-electron chi connectivity index (χ1n) is 11.2. The molecule has 2 aromatic carbocycles. The molecule has 0 bridgehead atoms. The van der Waals surface area contributed by atoms with Gasteiger partial charge in [-0.25, -0.2) is 13.4 Å². The number of para-hydroxylation sites is 1. The summed E-state index contributed by atoms with van der Waals surface area (Å²) < 4.78 is 28.4. The molecule has 2 heterocycles. The molecule has 166 valence electrons. The van der Waals surface area contributed by atoms with Gasteiger partial charge < -0.3 is 5.32 Å². The predicted octanol–water partition coefficient (Wildman–Crippen LogP) is 4.98. The SMILES string of the molecule is CC(C)c1ccc(S(=O)(=O)c2nnn3c2nc(NC2CCCCC2)c2ccccc23)cc1. The monoisotopic (exact) mass is 449 g/mol. The molecule has 0 saturated heterocycles. The third kappa shape index (κ3) is 3.62. The number of hydrogen-bond donors (Lipinski definition) is 1. The average Bonchev–Trinajstić information content (AvgIpc) is 3.25. The topological polar surface area (TPSA) is 89.2 Å². The summed E-state index contributed by atoms with van der Waals surface area (Å²) in [4.78, 5) is 4.94. The van der Waals surface area contributed by atoms with Gasteiger partial charge in [-0.05, 0) is 48.6 Å². The third-order valence-corrected chi connectivity index (χ3v) is 7.95. The maximum absolute atomic E-state index is 13.5. The number of sulfone groups is 1. The van der Waals surface area contributed by atoms with Crippen molar-refractivity contribution >= 4 is 32.2 Å². The Morgan fingerprint density at radius 3 is 2.44 bits per heavy atom. The highest BCUT2D eigenvalue weighted by atomic mass is 32.2. The van der Waals surface area contributed by atoms with Crippen molar-refractivity contribution in [1.82, 2.24) is 19.8 Å². The highest BCUT2D eigenvalue weighted by Gasteiger charge is 2.27. The predicted molar refractivity (Wildman–Crippen MR) is 125 cm³/mol. The van der Waals surface area contributed by atoms with Crippen molar-refractivity contribution in [3.8, 4) is 0 Å². The first-order valence-corrected chi connectivity index (χ1v) is 12.7. The zero-order valence-electron chi connectivity index (χ0n) is 18.3. The second kappa shape index (κ2) is 8.16. The highest BCUT2D eigenvalue weighted by molar-refractivity contribution is 7.91. The van der Waals surface area contributed by atoms with Crippen LogP contribution in [0.3, 0.4) is 0 Å². The zero-order chi connectivity index (χ0) is 22.3. The van der Waals surface area contributed by atoms with Gasteiger partial charge in [0.15, 0.2) is 5.65 Å². The van der Waals surface area contributed by atoms with Crippen molar-refractivity contribution in [1.29, 1.82) is 0 Å². The minimum absolute atomic E-state index is 0.118. The van der Waals surface area contributed by atoms with Crippen LogP contribution in [-0.2, 0) is 9.84 Å². The van der Waals surface area contributed by atoms with Crippen LogP contribution in [0.2, 0.25) is 0 Å². The number of nitrogens with zero attached hydrogens (tertiary/aromatic N) is 4. The van der Waals surface area contributed by atoms with Crippen molar-refractivity contribution < 1.29 is 8.42 Å². The second-order valence-electron chi connectivity index (χ2n) is 8.81. The summed E-state index contributed by atoms with van der Waals surface area (Å²) in [6.07, 6.45) is 5.82. The summed E-state index contributed by atoms with van der Waals surface area (Å²) in [5.41, 5.74) is 2.11.